The lowest BCUT2D eigenvalue weighted by Gasteiger charge is -2.44. The van der Waals surface area contributed by atoms with Crippen LogP contribution in [0.25, 0.3) is 10.4 Å². The molecule has 1 N–H and O–H groups in total. The fourth-order valence-corrected chi connectivity index (χ4v) is 4.55. The Morgan fingerprint density at radius 3 is 1.60 bits per heavy atom. The van der Waals surface area contributed by atoms with Gasteiger partial charge in [0.25, 0.3) is 0 Å². The molecule has 0 amide bonds. The quantitative estimate of drug-likeness (QED) is 0.0561. The number of ether oxygens (including phenoxy) is 7. The summed E-state index contributed by atoms with van der Waals surface area (Å²) in [6, 6.07) is 24.3. The van der Waals surface area contributed by atoms with E-state index in [1.165, 1.54) is 24.3 Å². The van der Waals surface area contributed by atoms with Crippen LogP contribution in [-0.4, -0.2) is 99.9 Å². The highest BCUT2D eigenvalue weighted by Gasteiger charge is 2.53. The van der Waals surface area contributed by atoms with Crippen LogP contribution in [0.2, 0.25) is 0 Å². The molecule has 1 aliphatic heterocycles. The van der Waals surface area contributed by atoms with Crippen molar-refractivity contribution >= 4 is 17.9 Å². The van der Waals surface area contributed by atoms with Gasteiger partial charge in [0.15, 0.2) is 24.6 Å². The lowest BCUT2D eigenvalue weighted by Crippen LogP contribution is -2.63. The summed E-state index contributed by atoms with van der Waals surface area (Å²) in [6.07, 6.45) is -6.94. The summed E-state index contributed by atoms with van der Waals surface area (Å²) in [5, 5.41) is 13.7. The van der Waals surface area contributed by atoms with Gasteiger partial charge in [-0.15, -0.1) is 0 Å². The summed E-state index contributed by atoms with van der Waals surface area (Å²) in [6.45, 7) is 0.261. The molecule has 14 heteroatoms. The Hall–Kier alpha value is -4.82. The maximum absolute atomic E-state index is 13.4. The normalized spacial score (nSPS) is 20.4. The topological polar surface area (TPSA) is 185 Å². The molecule has 0 unspecified atom stereocenters. The van der Waals surface area contributed by atoms with Gasteiger partial charge in [-0.2, -0.15) is 0 Å². The van der Waals surface area contributed by atoms with Gasteiger partial charge in [0, 0.05) is 11.5 Å². The van der Waals surface area contributed by atoms with Crippen LogP contribution in [0.1, 0.15) is 31.1 Å². The number of nitrogens with zero attached hydrogens (tertiary/aromatic N) is 3. The van der Waals surface area contributed by atoms with E-state index in [1.807, 2.05) is 0 Å². The zero-order chi connectivity index (χ0) is 33.3. The van der Waals surface area contributed by atoms with E-state index in [1.54, 1.807) is 66.7 Å². The van der Waals surface area contributed by atoms with Gasteiger partial charge >= 0.3 is 17.9 Å². The first kappa shape index (κ1) is 35.0. The second kappa shape index (κ2) is 19.0. The second-order valence-electron chi connectivity index (χ2n) is 9.98. The van der Waals surface area contributed by atoms with Crippen LogP contribution in [0, 0.1) is 0 Å². The Labute approximate surface area is 270 Å². The number of benzene rings is 3. The largest absolute Gasteiger partial charge is 0.452 e. The van der Waals surface area contributed by atoms with Gasteiger partial charge in [0.2, 0.25) is 0 Å². The minimum atomic E-state index is -1.47. The fraction of sp³-hybridized carbons (Fsp3) is 0.364. The van der Waals surface area contributed by atoms with Gasteiger partial charge < -0.3 is 38.3 Å². The van der Waals surface area contributed by atoms with Crippen LogP contribution in [-0.2, 0) is 33.2 Å². The van der Waals surface area contributed by atoms with E-state index in [2.05, 4.69) is 10.0 Å². The van der Waals surface area contributed by atoms with Crippen molar-refractivity contribution in [2.24, 2.45) is 5.11 Å². The molecule has 0 radical (unpaired) electrons. The molecule has 1 aliphatic rings. The standard InChI is InChI=1S/C33H35N3O11/c34-36-35-16-17-41-18-19-42-20-21-43-33-29(47-32(40)25-14-8-3-9-15-25)28(46-31(39)24-12-6-2-7-13-24)27(26(22-37)44-33)45-30(38)23-10-4-1-5-11-23/h1-15,26-29,33,37H,16-22H2/t26-,27-,28+,29+,33+/m1/s1. The molecule has 0 spiro atoms. The van der Waals surface area contributed by atoms with Crippen LogP contribution in [0.4, 0.5) is 0 Å². The minimum absolute atomic E-state index is 0.0608. The van der Waals surface area contributed by atoms with Crippen molar-refractivity contribution in [1.82, 2.24) is 0 Å². The predicted octanol–water partition coefficient (Wildman–Crippen LogP) is 3.74. The molecule has 0 saturated carbocycles. The summed E-state index contributed by atoms with van der Waals surface area (Å²) in [7, 11) is 0. The van der Waals surface area contributed by atoms with Gasteiger partial charge in [0.1, 0.15) is 6.10 Å². The molecule has 0 aliphatic carbocycles. The number of carbonyl (C=O) groups excluding carboxylic acids is 3. The third-order valence-corrected chi connectivity index (χ3v) is 6.81. The molecule has 1 saturated heterocycles. The molecule has 14 nitrogen and oxygen atoms in total. The highest BCUT2D eigenvalue weighted by atomic mass is 16.7. The van der Waals surface area contributed by atoms with E-state index in [-0.39, 0.29) is 56.3 Å². The van der Waals surface area contributed by atoms with Crippen molar-refractivity contribution in [3.05, 3.63) is 118 Å². The van der Waals surface area contributed by atoms with E-state index >= 15 is 0 Å². The van der Waals surface area contributed by atoms with Gasteiger partial charge in [-0.05, 0) is 41.9 Å². The minimum Gasteiger partial charge on any atom is -0.452 e. The van der Waals surface area contributed by atoms with Crippen molar-refractivity contribution in [2.45, 2.75) is 30.7 Å². The van der Waals surface area contributed by atoms with Crippen molar-refractivity contribution < 1.29 is 52.6 Å². The number of aliphatic hydroxyl groups is 1. The first-order chi connectivity index (χ1) is 23.0. The smallest absolute Gasteiger partial charge is 0.338 e. The van der Waals surface area contributed by atoms with E-state index in [0.717, 1.165) is 0 Å². The number of hydrogen-bond acceptors (Lipinski definition) is 12. The van der Waals surface area contributed by atoms with Gasteiger partial charge in [0.05, 0.1) is 56.3 Å². The third kappa shape index (κ3) is 10.6. The van der Waals surface area contributed by atoms with Gasteiger partial charge in [-0.3, -0.25) is 0 Å². The van der Waals surface area contributed by atoms with Crippen LogP contribution in [0.3, 0.4) is 0 Å². The predicted molar refractivity (Wildman–Crippen MR) is 164 cm³/mol. The summed E-state index contributed by atoms with van der Waals surface area (Å²) < 4.78 is 40.3. The molecule has 4 rings (SSSR count). The monoisotopic (exact) mass is 649 g/mol. The van der Waals surface area contributed by atoms with E-state index in [9.17, 15) is 19.5 Å². The molecule has 0 bridgehead atoms. The Kier molecular flexibility index (Phi) is 14.2. The van der Waals surface area contributed by atoms with Crippen molar-refractivity contribution in [1.29, 1.82) is 0 Å². The highest BCUT2D eigenvalue weighted by Crippen LogP contribution is 2.31. The number of azide groups is 1. The van der Waals surface area contributed by atoms with Crippen LogP contribution in [0.15, 0.2) is 96.1 Å². The Morgan fingerprint density at radius 2 is 1.11 bits per heavy atom. The average molecular weight is 650 g/mol. The lowest BCUT2D eigenvalue weighted by atomic mass is 9.97. The molecule has 3 aromatic carbocycles. The first-order valence-corrected chi connectivity index (χ1v) is 14.8. The second-order valence-corrected chi connectivity index (χ2v) is 9.98. The molecule has 5 atom stereocenters. The zero-order valence-electron chi connectivity index (χ0n) is 25.4. The molecule has 248 valence electrons. The van der Waals surface area contributed by atoms with Crippen LogP contribution < -0.4 is 0 Å². The number of esters is 3. The molecular formula is C33H35N3O11. The highest BCUT2D eigenvalue weighted by molar-refractivity contribution is 5.91. The summed E-state index contributed by atoms with van der Waals surface area (Å²) in [5.74, 6) is -2.35. The van der Waals surface area contributed by atoms with Gasteiger partial charge in [-0.1, -0.05) is 59.7 Å². The van der Waals surface area contributed by atoms with Gasteiger partial charge in [-0.25, -0.2) is 14.4 Å². The number of rotatable bonds is 17. The Morgan fingerprint density at radius 1 is 0.660 bits per heavy atom. The molecule has 3 aromatic rings. The third-order valence-electron chi connectivity index (χ3n) is 6.81. The molecule has 0 aromatic heterocycles. The number of carbonyl (C=O) groups is 3. The molecule has 1 fully saturated rings. The lowest BCUT2D eigenvalue weighted by molar-refractivity contribution is -0.300. The molecular weight excluding hydrogens is 614 g/mol. The first-order valence-electron chi connectivity index (χ1n) is 14.8. The van der Waals surface area contributed by atoms with E-state index in [0.29, 0.717) is 0 Å². The molecule has 47 heavy (non-hydrogen) atoms. The summed E-state index contributed by atoms with van der Waals surface area (Å²) in [4.78, 5) is 42.5. The number of hydrogen-bond donors (Lipinski definition) is 1. The maximum atomic E-state index is 13.4. The van der Waals surface area contributed by atoms with E-state index < -0.39 is 55.2 Å². The average Bonchev–Trinajstić information content (AvgIpc) is 3.11. The fourth-order valence-electron chi connectivity index (χ4n) is 4.55. The van der Waals surface area contributed by atoms with Crippen LogP contribution in [0.5, 0.6) is 0 Å². The van der Waals surface area contributed by atoms with E-state index in [4.69, 9.17) is 38.7 Å². The maximum Gasteiger partial charge on any atom is 0.338 e. The Balaban J connectivity index is 1.56. The Bertz CT molecular complexity index is 1460. The number of aliphatic hydroxyl groups excluding tert-OH is 1. The summed E-state index contributed by atoms with van der Waals surface area (Å²) in [5.41, 5.74) is 8.90. The molecule has 1 heterocycles. The van der Waals surface area contributed by atoms with Crippen molar-refractivity contribution in [3.8, 4) is 0 Å². The van der Waals surface area contributed by atoms with Crippen molar-refractivity contribution in [2.75, 3.05) is 46.2 Å². The zero-order valence-corrected chi connectivity index (χ0v) is 25.4. The SMILES string of the molecule is [N-]=[N+]=NCCOCCOCCO[C@H]1O[C@H](CO)[C@@H](OC(=O)c2ccccc2)[C@H](OC(=O)c2ccccc2)[C@@H]1OC(=O)c1ccccc1. The van der Waals surface area contributed by atoms with Crippen LogP contribution >= 0.6 is 0 Å². The summed E-state index contributed by atoms with van der Waals surface area (Å²) >= 11 is 0. The van der Waals surface area contributed by atoms with Crippen molar-refractivity contribution in [3.63, 3.8) is 0 Å².